The number of hydrogen-bond donors (Lipinski definition) is 0. The number of thiophene rings is 1. The molecule has 0 fully saturated rings. The molecule has 5 aromatic carbocycles. The van der Waals surface area contributed by atoms with Crippen LogP contribution in [0.2, 0.25) is 0 Å². The van der Waals surface area contributed by atoms with Gasteiger partial charge in [-0.05, 0) is 48.2 Å². The first-order valence-electron chi connectivity index (χ1n) is 13.1. The summed E-state index contributed by atoms with van der Waals surface area (Å²) >= 11 is 1.80. The van der Waals surface area contributed by atoms with Gasteiger partial charge in [-0.1, -0.05) is 103 Å². The van der Waals surface area contributed by atoms with Crippen LogP contribution in [0, 0.1) is 13.8 Å². The molecule has 7 aromatic rings. The molecular formula is C35H25N3S. The molecule has 0 atom stereocenters. The molecule has 0 N–H and O–H groups in total. The Balaban J connectivity index is 1.54. The number of rotatable bonds is 4. The van der Waals surface area contributed by atoms with E-state index in [1.807, 2.05) is 18.2 Å². The van der Waals surface area contributed by atoms with Crippen LogP contribution in [0.5, 0.6) is 0 Å². The lowest BCUT2D eigenvalue weighted by atomic mass is 9.92. The largest absolute Gasteiger partial charge is 0.208 e. The third-order valence-electron chi connectivity index (χ3n) is 7.24. The Labute approximate surface area is 231 Å². The summed E-state index contributed by atoms with van der Waals surface area (Å²) in [6.45, 7) is 4.31. The SMILES string of the molecule is Cc1ccccc1-c1c(C)cccc1-c1nc(-c2ccccc2)nc(-c2cccc3sc4ccccc4c23)n1. The first kappa shape index (κ1) is 23.4. The average molecular weight is 520 g/mol. The van der Waals surface area contributed by atoms with Gasteiger partial charge in [0.1, 0.15) is 0 Å². The Kier molecular flexibility index (Phi) is 5.75. The predicted octanol–water partition coefficient (Wildman–Crippen LogP) is 9.52. The number of hydrogen-bond acceptors (Lipinski definition) is 4. The molecule has 0 aliphatic carbocycles. The Bertz CT molecular complexity index is 1990. The molecule has 0 radical (unpaired) electrons. The van der Waals surface area contributed by atoms with Gasteiger partial charge in [0.15, 0.2) is 17.5 Å². The molecule has 0 spiro atoms. The minimum atomic E-state index is 0.671. The van der Waals surface area contributed by atoms with Gasteiger partial charge in [0.05, 0.1) is 0 Å². The summed E-state index contributed by atoms with van der Waals surface area (Å²) < 4.78 is 2.49. The van der Waals surface area contributed by atoms with E-state index in [-0.39, 0.29) is 0 Å². The number of nitrogens with zero attached hydrogens (tertiary/aromatic N) is 3. The van der Waals surface area contributed by atoms with Crippen molar-refractivity contribution < 1.29 is 0 Å². The van der Waals surface area contributed by atoms with E-state index in [0.29, 0.717) is 17.5 Å². The molecular weight excluding hydrogens is 494 g/mol. The average Bonchev–Trinajstić information content (AvgIpc) is 3.37. The van der Waals surface area contributed by atoms with Gasteiger partial charge in [-0.3, -0.25) is 0 Å². The maximum Gasteiger partial charge on any atom is 0.164 e. The minimum Gasteiger partial charge on any atom is -0.208 e. The number of fused-ring (bicyclic) bond motifs is 3. The maximum absolute atomic E-state index is 5.18. The van der Waals surface area contributed by atoms with Crippen LogP contribution in [0.4, 0.5) is 0 Å². The Morgan fingerprint density at radius 1 is 0.462 bits per heavy atom. The van der Waals surface area contributed by atoms with Crippen LogP contribution in [0.3, 0.4) is 0 Å². The van der Waals surface area contributed by atoms with Crippen LogP contribution in [0.15, 0.2) is 115 Å². The molecule has 39 heavy (non-hydrogen) atoms. The maximum atomic E-state index is 5.18. The fourth-order valence-electron chi connectivity index (χ4n) is 5.36. The van der Waals surface area contributed by atoms with Crippen molar-refractivity contribution >= 4 is 31.5 Å². The highest BCUT2D eigenvalue weighted by molar-refractivity contribution is 7.25. The van der Waals surface area contributed by atoms with Crippen molar-refractivity contribution in [1.29, 1.82) is 0 Å². The van der Waals surface area contributed by atoms with Crippen molar-refractivity contribution in [2.45, 2.75) is 13.8 Å². The van der Waals surface area contributed by atoms with Crippen LogP contribution in [-0.2, 0) is 0 Å². The zero-order chi connectivity index (χ0) is 26.3. The highest BCUT2D eigenvalue weighted by Gasteiger charge is 2.19. The van der Waals surface area contributed by atoms with E-state index in [9.17, 15) is 0 Å². The van der Waals surface area contributed by atoms with Crippen molar-refractivity contribution in [3.63, 3.8) is 0 Å². The minimum absolute atomic E-state index is 0.671. The second-order valence-corrected chi connectivity index (χ2v) is 10.8. The normalized spacial score (nSPS) is 11.3. The second kappa shape index (κ2) is 9.57. The lowest BCUT2D eigenvalue weighted by molar-refractivity contribution is 1.08. The third kappa shape index (κ3) is 4.10. The molecule has 0 aliphatic heterocycles. The van der Waals surface area contributed by atoms with Crippen LogP contribution in [0.25, 0.3) is 65.5 Å². The third-order valence-corrected chi connectivity index (χ3v) is 8.37. The van der Waals surface area contributed by atoms with Crippen molar-refractivity contribution in [2.24, 2.45) is 0 Å². The zero-order valence-electron chi connectivity index (χ0n) is 21.7. The van der Waals surface area contributed by atoms with Crippen molar-refractivity contribution in [1.82, 2.24) is 15.0 Å². The first-order chi connectivity index (χ1) is 19.2. The molecule has 0 saturated heterocycles. The highest BCUT2D eigenvalue weighted by Crippen LogP contribution is 2.40. The molecule has 2 aromatic heterocycles. The van der Waals surface area contributed by atoms with E-state index in [2.05, 4.69) is 111 Å². The molecule has 3 nitrogen and oxygen atoms in total. The molecule has 0 aliphatic rings. The van der Waals surface area contributed by atoms with E-state index >= 15 is 0 Å². The highest BCUT2D eigenvalue weighted by atomic mass is 32.1. The molecule has 2 heterocycles. The second-order valence-electron chi connectivity index (χ2n) is 9.76. The van der Waals surface area contributed by atoms with Crippen LogP contribution in [0.1, 0.15) is 11.1 Å². The van der Waals surface area contributed by atoms with Crippen LogP contribution < -0.4 is 0 Å². The molecule has 4 heteroatoms. The summed E-state index contributed by atoms with van der Waals surface area (Å²) in [6, 6.07) is 40.0. The molecule has 7 rings (SSSR count). The molecule has 0 amide bonds. The quantitative estimate of drug-likeness (QED) is 0.232. The Morgan fingerprint density at radius 2 is 1.05 bits per heavy atom. The number of benzene rings is 5. The van der Waals surface area contributed by atoms with Crippen LogP contribution >= 0.6 is 11.3 Å². The Morgan fingerprint density at radius 3 is 1.90 bits per heavy atom. The van der Waals surface area contributed by atoms with Gasteiger partial charge in [0.25, 0.3) is 0 Å². The van der Waals surface area contributed by atoms with E-state index in [1.54, 1.807) is 11.3 Å². The summed E-state index contributed by atoms with van der Waals surface area (Å²) in [7, 11) is 0. The van der Waals surface area contributed by atoms with E-state index in [0.717, 1.165) is 22.3 Å². The summed E-state index contributed by atoms with van der Waals surface area (Å²) in [5, 5.41) is 2.42. The zero-order valence-corrected chi connectivity index (χ0v) is 22.5. The standard InChI is InChI=1S/C35H25N3S/c1-22-12-6-7-16-25(22)31-23(2)13-10-18-27(31)34-36-33(24-14-4-3-5-15-24)37-35(38-34)28-19-11-21-30-32(28)26-17-8-9-20-29(26)39-30/h3-21H,1-2H3. The van der Waals surface area contributed by atoms with Gasteiger partial charge in [0.2, 0.25) is 0 Å². The summed E-state index contributed by atoms with van der Waals surface area (Å²) in [5.41, 5.74) is 7.76. The lowest BCUT2D eigenvalue weighted by Crippen LogP contribution is -2.02. The molecule has 0 bridgehead atoms. The Hall–Kier alpha value is -4.67. The molecule has 186 valence electrons. The fraction of sp³-hybridized carbons (Fsp3) is 0.0571. The van der Waals surface area contributed by atoms with Crippen molar-refractivity contribution in [3.8, 4) is 45.3 Å². The topological polar surface area (TPSA) is 38.7 Å². The van der Waals surface area contributed by atoms with Gasteiger partial charge in [0, 0.05) is 36.9 Å². The van der Waals surface area contributed by atoms with Gasteiger partial charge in [-0.25, -0.2) is 15.0 Å². The van der Waals surface area contributed by atoms with Gasteiger partial charge < -0.3 is 0 Å². The monoisotopic (exact) mass is 519 g/mol. The van der Waals surface area contributed by atoms with Gasteiger partial charge in [-0.15, -0.1) is 11.3 Å². The summed E-state index contributed by atoms with van der Waals surface area (Å²) in [4.78, 5) is 15.3. The molecule has 0 unspecified atom stereocenters. The number of aryl methyl sites for hydroxylation is 2. The van der Waals surface area contributed by atoms with Crippen molar-refractivity contribution in [2.75, 3.05) is 0 Å². The van der Waals surface area contributed by atoms with Gasteiger partial charge in [-0.2, -0.15) is 0 Å². The first-order valence-corrected chi connectivity index (χ1v) is 13.9. The van der Waals surface area contributed by atoms with Gasteiger partial charge >= 0.3 is 0 Å². The number of aromatic nitrogens is 3. The van der Waals surface area contributed by atoms with E-state index in [1.165, 1.54) is 36.9 Å². The summed E-state index contributed by atoms with van der Waals surface area (Å²) in [5.74, 6) is 2.03. The van der Waals surface area contributed by atoms with E-state index in [4.69, 9.17) is 15.0 Å². The molecule has 0 saturated carbocycles. The van der Waals surface area contributed by atoms with E-state index < -0.39 is 0 Å². The van der Waals surface area contributed by atoms with Crippen molar-refractivity contribution in [3.05, 3.63) is 126 Å². The lowest BCUT2D eigenvalue weighted by Gasteiger charge is -2.16. The van der Waals surface area contributed by atoms with Crippen LogP contribution in [-0.4, -0.2) is 15.0 Å². The smallest absolute Gasteiger partial charge is 0.164 e. The summed E-state index contributed by atoms with van der Waals surface area (Å²) in [6.07, 6.45) is 0. The predicted molar refractivity (Wildman–Crippen MR) is 164 cm³/mol. The fourth-order valence-corrected chi connectivity index (χ4v) is 6.49.